The van der Waals surface area contributed by atoms with Crippen LogP contribution in [0.3, 0.4) is 0 Å². The molecule has 1 atom stereocenters. The summed E-state index contributed by atoms with van der Waals surface area (Å²) in [5, 5.41) is 0. The van der Waals surface area contributed by atoms with E-state index in [0.717, 1.165) is 13.1 Å². The molecular weight excluding hydrogens is 322 g/mol. The highest BCUT2D eigenvalue weighted by atomic mass is 16.5. The van der Waals surface area contributed by atoms with E-state index in [1.54, 1.807) is 30.5 Å². The van der Waals surface area contributed by atoms with E-state index >= 15 is 0 Å². The highest BCUT2D eigenvalue weighted by Gasteiger charge is 2.33. The van der Waals surface area contributed by atoms with E-state index < -0.39 is 0 Å². The molecule has 8 heteroatoms. The average molecular weight is 347 g/mol. The molecule has 3 rings (SSSR count). The van der Waals surface area contributed by atoms with E-state index in [9.17, 15) is 9.59 Å². The molecule has 2 fully saturated rings. The van der Waals surface area contributed by atoms with Crippen LogP contribution in [0.15, 0.2) is 18.5 Å². The Morgan fingerprint density at radius 1 is 1.24 bits per heavy atom. The highest BCUT2D eigenvalue weighted by molar-refractivity contribution is 5.84. The quantitative estimate of drug-likeness (QED) is 0.747. The number of likely N-dealkylation sites (tertiary alicyclic amines) is 1. The van der Waals surface area contributed by atoms with E-state index in [4.69, 9.17) is 4.74 Å². The van der Waals surface area contributed by atoms with Crippen LogP contribution in [0, 0.1) is 5.92 Å². The van der Waals surface area contributed by atoms with Gasteiger partial charge in [-0.2, -0.15) is 0 Å². The topological polar surface area (TPSA) is 78.9 Å². The third kappa shape index (κ3) is 4.25. The minimum atomic E-state index is -0.103. The van der Waals surface area contributed by atoms with E-state index in [-0.39, 0.29) is 17.7 Å². The highest BCUT2D eigenvalue weighted by Crippen LogP contribution is 2.21. The number of piperazine rings is 1. The molecule has 136 valence electrons. The summed E-state index contributed by atoms with van der Waals surface area (Å²) in [5.41, 5.74) is 0. The number of amides is 2. The van der Waals surface area contributed by atoms with E-state index in [1.165, 1.54) is 0 Å². The number of piperidine rings is 1. The first-order chi connectivity index (χ1) is 12.2. The Bertz CT molecular complexity index is 589. The van der Waals surface area contributed by atoms with E-state index in [0.29, 0.717) is 51.6 Å². The van der Waals surface area contributed by atoms with Crippen molar-refractivity contribution >= 4 is 17.8 Å². The zero-order valence-electron chi connectivity index (χ0n) is 14.6. The molecule has 0 N–H and O–H groups in total. The van der Waals surface area contributed by atoms with Crippen molar-refractivity contribution in [3.63, 3.8) is 0 Å². The summed E-state index contributed by atoms with van der Waals surface area (Å²) in [5.74, 6) is 0.883. The number of nitrogens with zero attached hydrogens (tertiary/aromatic N) is 5. The minimum absolute atomic E-state index is 0.103. The van der Waals surface area contributed by atoms with Gasteiger partial charge in [0.05, 0.1) is 12.5 Å². The number of methoxy groups -OCH3 is 1. The number of anilines is 1. The van der Waals surface area contributed by atoms with Crippen LogP contribution in [0.5, 0.6) is 0 Å². The van der Waals surface area contributed by atoms with E-state index in [2.05, 4.69) is 14.9 Å². The number of carbonyl (C=O) groups excluding carboxylic acids is 2. The molecule has 0 saturated carbocycles. The van der Waals surface area contributed by atoms with Crippen molar-refractivity contribution in [3.05, 3.63) is 18.5 Å². The second-order valence-electron chi connectivity index (χ2n) is 6.43. The molecule has 25 heavy (non-hydrogen) atoms. The maximum Gasteiger partial charge on any atom is 0.227 e. The van der Waals surface area contributed by atoms with Gasteiger partial charge in [0.15, 0.2) is 0 Å². The van der Waals surface area contributed by atoms with Crippen LogP contribution in [0.2, 0.25) is 0 Å². The lowest BCUT2D eigenvalue weighted by atomic mass is 9.95. The Hall–Kier alpha value is -2.22. The SMILES string of the molecule is COCCN1CC(C(=O)N2CCN(c3ncccn3)CC2)CCC1=O. The van der Waals surface area contributed by atoms with Gasteiger partial charge in [-0.1, -0.05) is 0 Å². The molecule has 0 bridgehead atoms. The molecule has 1 aromatic rings. The molecule has 2 saturated heterocycles. The van der Waals surface area contributed by atoms with Gasteiger partial charge in [-0.05, 0) is 12.5 Å². The number of ether oxygens (including phenoxy) is 1. The van der Waals surface area contributed by atoms with Crippen molar-refractivity contribution in [2.24, 2.45) is 5.92 Å². The first-order valence-corrected chi connectivity index (χ1v) is 8.76. The summed E-state index contributed by atoms with van der Waals surface area (Å²) in [6.07, 6.45) is 4.54. The molecule has 0 aromatic carbocycles. The molecular formula is C17H25N5O3. The normalized spacial score (nSPS) is 21.6. The fraction of sp³-hybridized carbons (Fsp3) is 0.647. The Labute approximate surface area is 147 Å². The average Bonchev–Trinajstić information content (AvgIpc) is 2.67. The van der Waals surface area contributed by atoms with Gasteiger partial charge in [0, 0.05) is 65.2 Å². The van der Waals surface area contributed by atoms with Crippen molar-refractivity contribution in [2.75, 3.05) is 57.9 Å². The fourth-order valence-electron chi connectivity index (χ4n) is 3.37. The number of aromatic nitrogens is 2. The summed E-state index contributed by atoms with van der Waals surface area (Å²) >= 11 is 0. The zero-order valence-corrected chi connectivity index (χ0v) is 14.6. The predicted molar refractivity (Wildman–Crippen MR) is 92.0 cm³/mol. The van der Waals surface area contributed by atoms with Gasteiger partial charge in [-0.3, -0.25) is 9.59 Å². The van der Waals surface area contributed by atoms with Crippen LogP contribution in [-0.4, -0.2) is 84.6 Å². The van der Waals surface area contributed by atoms with Crippen molar-refractivity contribution in [2.45, 2.75) is 12.8 Å². The van der Waals surface area contributed by atoms with Crippen molar-refractivity contribution in [3.8, 4) is 0 Å². The van der Waals surface area contributed by atoms with Crippen LogP contribution in [0.25, 0.3) is 0 Å². The Balaban J connectivity index is 1.53. The molecule has 2 aliphatic heterocycles. The third-order valence-corrected chi connectivity index (χ3v) is 4.84. The van der Waals surface area contributed by atoms with Crippen molar-refractivity contribution in [1.29, 1.82) is 0 Å². The van der Waals surface area contributed by atoms with Gasteiger partial charge in [0.1, 0.15) is 0 Å². The van der Waals surface area contributed by atoms with Gasteiger partial charge in [0.25, 0.3) is 0 Å². The lowest BCUT2D eigenvalue weighted by Gasteiger charge is -2.38. The van der Waals surface area contributed by atoms with Crippen LogP contribution in [0.1, 0.15) is 12.8 Å². The molecule has 1 aromatic heterocycles. The first-order valence-electron chi connectivity index (χ1n) is 8.76. The maximum absolute atomic E-state index is 12.8. The second kappa shape index (κ2) is 8.24. The van der Waals surface area contributed by atoms with Crippen molar-refractivity contribution < 1.29 is 14.3 Å². The third-order valence-electron chi connectivity index (χ3n) is 4.84. The summed E-state index contributed by atoms with van der Waals surface area (Å²) in [7, 11) is 1.62. The van der Waals surface area contributed by atoms with Crippen LogP contribution >= 0.6 is 0 Å². The van der Waals surface area contributed by atoms with Gasteiger partial charge in [-0.25, -0.2) is 9.97 Å². The Morgan fingerprint density at radius 2 is 1.96 bits per heavy atom. The largest absolute Gasteiger partial charge is 0.383 e. The minimum Gasteiger partial charge on any atom is -0.383 e. The second-order valence-corrected chi connectivity index (χ2v) is 6.43. The lowest BCUT2D eigenvalue weighted by molar-refractivity contribution is -0.143. The molecule has 0 spiro atoms. The summed E-state index contributed by atoms with van der Waals surface area (Å²) in [4.78, 5) is 39.1. The smallest absolute Gasteiger partial charge is 0.227 e. The lowest BCUT2D eigenvalue weighted by Crippen LogP contribution is -2.53. The summed E-state index contributed by atoms with van der Waals surface area (Å²) in [6, 6.07) is 1.79. The molecule has 0 radical (unpaired) electrons. The van der Waals surface area contributed by atoms with Crippen LogP contribution in [0.4, 0.5) is 5.95 Å². The maximum atomic E-state index is 12.8. The summed E-state index contributed by atoms with van der Waals surface area (Å²) < 4.78 is 5.05. The Kier molecular flexibility index (Phi) is 5.80. The fourth-order valence-corrected chi connectivity index (χ4v) is 3.37. The van der Waals surface area contributed by atoms with Crippen LogP contribution in [-0.2, 0) is 14.3 Å². The molecule has 1 unspecified atom stereocenters. The van der Waals surface area contributed by atoms with Crippen LogP contribution < -0.4 is 4.90 Å². The van der Waals surface area contributed by atoms with E-state index in [1.807, 2.05) is 4.90 Å². The predicted octanol–water partition coefficient (Wildman–Crippen LogP) is 0.0102. The van der Waals surface area contributed by atoms with Gasteiger partial charge in [-0.15, -0.1) is 0 Å². The zero-order chi connectivity index (χ0) is 17.6. The van der Waals surface area contributed by atoms with Gasteiger partial charge in [0.2, 0.25) is 17.8 Å². The summed E-state index contributed by atoms with van der Waals surface area (Å²) in [6.45, 7) is 4.35. The first kappa shape index (κ1) is 17.6. The molecule has 2 amide bonds. The standard InChI is InChI=1S/C17H25N5O3/c1-25-12-11-22-13-14(3-4-15(22)23)16(24)20-7-9-21(10-8-20)17-18-5-2-6-19-17/h2,5-6,14H,3-4,7-13H2,1H3. The number of rotatable bonds is 5. The molecule has 8 nitrogen and oxygen atoms in total. The molecule has 2 aliphatic rings. The van der Waals surface area contributed by atoms with Gasteiger partial charge < -0.3 is 19.4 Å². The molecule has 3 heterocycles. The number of hydrogen-bond donors (Lipinski definition) is 0. The van der Waals surface area contributed by atoms with Gasteiger partial charge >= 0.3 is 0 Å². The molecule has 0 aliphatic carbocycles. The number of hydrogen-bond acceptors (Lipinski definition) is 6. The monoisotopic (exact) mass is 347 g/mol. The Morgan fingerprint density at radius 3 is 2.64 bits per heavy atom. The number of carbonyl (C=O) groups is 2. The van der Waals surface area contributed by atoms with Crippen molar-refractivity contribution in [1.82, 2.24) is 19.8 Å².